The molecule has 18 heavy (non-hydrogen) atoms. The summed E-state index contributed by atoms with van der Waals surface area (Å²) in [5, 5.41) is 16.2. The average molecular weight is 247 g/mol. The summed E-state index contributed by atoms with van der Waals surface area (Å²) in [7, 11) is 1.47. The van der Waals surface area contributed by atoms with E-state index in [2.05, 4.69) is 22.5 Å². The van der Waals surface area contributed by atoms with Crippen LogP contribution in [0.2, 0.25) is 0 Å². The highest BCUT2D eigenvalue weighted by Gasteiger charge is 2.16. The zero-order valence-electron chi connectivity index (χ0n) is 10.1. The summed E-state index contributed by atoms with van der Waals surface area (Å²) in [6.45, 7) is 2.00. The van der Waals surface area contributed by atoms with Crippen LogP contribution in [0.3, 0.4) is 0 Å². The third-order valence-corrected chi connectivity index (χ3v) is 2.23. The van der Waals surface area contributed by atoms with E-state index in [1.807, 2.05) is 0 Å². The highest BCUT2D eigenvalue weighted by molar-refractivity contribution is 5.95. The average Bonchev–Trinajstić information content (AvgIpc) is 2.38. The molecular weight excluding hydrogens is 234 g/mol. The van der Waals surface area contributed by atoms with Crippen molar-refractivity contribution in [2.24, 2.45) is 0 Å². The lowest BCUT2D eigenvalue weighted by atomic mass is 10.1. The first-order valence-electron chi connectivity index (χ1n) is 5.24. The molecule has 0 aliphatic heterocycles. The predicted molar refractivity (Wildman–Crippen MR) is 68.4 cm³/mol. The largest absolute Gasteiger partial charge is 0.369 e. The van der Waals surface area contributed by atoms with Crippen LogP contribution in [0.1, 0.15) is 17.3 Å². The van der Waals surface area contributed by atoms with Crippen LogP contribution in [0.4, 0.5) is 11.4 Å². The molecule has 1 aromatic rings. The van der Waals surface area contributed by atoms with E-state index in [0.717, 1.165) is 0 Å². The summed E-state index contributed by atoms with van der Waals surface area (Å²) in [5.41, 5.74) is 0.445. The molecule has 0 aromatic heterocycles. The molecule has 0 radical (unpaired) electrons. The van der Waals surface area contributed by atoms with Crippen LogP contribution in [0.5, 0.6) is 0 Å². The Morgan fingerprint density at radius 1 is 1.50 bits per heavy atom. The molecule has 94 valence electrons. The van der Waals surface area contributed by atoms with Crippen molar-refractivity contribution in [1.29, 1.82) is 0 Å². The van der Waals surface area contributed by atoms with E-state index >= 15 is 0 Å². The van der Waals surface area contributed by atoms with E-state index in [9.17, 15) is 14.9 Å². The number of hydrogen-bond donors (Lipinski definition) is 2. The van der Waals surface area contributed by atoms with Crippen LogP contribution >= 0.6 is 0 Å². The minimum absolute atomic E-state index is 0.144. The van der Waals surface area contributed by atoms with E-state index in [4.69, 9.17) is 0 Å². The SMILES string of the molecule is CC#CCNc1ccc(C(=O)NC)cc1[N+](=O)[O-]. The topological polar surface area (TPSA) is 84.3 Å². The Hall–Kier alpha value is -2.55. The fraction of sp³-hybridized carbons (Fsp3) is 0.250. The Balaban J connectivity index is 3.07. The lowest BCUT2D eigenvalue weighted by Crippen LogP contribution is -2.18. The normalized spacial score (nSPS) is 9.00. The van der Waals surface area contributed by atoms with Gasteiger partial charge in [0.1, 0.15) is 5.69 Å². The maximum absolute atomic E-state index is 11.4. The lowest BCUT2D eigenvalue weighted by molar-refractivity contribution is -0.384. The lowest BCUT2D eigenvalue weighted by Gasteiger charge is -2.05. The summed E-state index contributed by atoms with van der Waals surface area (Å²) < 4.78 is 0. The molecule has 1 rings (SSSR count). The molecular formula is C12H13N3O3. The van der Waals surface area contributed by atoms with Crippen LogP contribution in [-0.4, -0.2) is 24.4 Å². The smallest absolute Gasteiger partial charge is 0.293 e. The quantitative estimate of drug-likeness (QED) is 0.478. The molecule has 0 spiro atoms. The molecule has 0 bridgehead atoms. The minimum Gasteiger partial charge on any atom is -0.369 e. The van der Waals surface area contributed by atoms with Crippen molar-refractivity contribution in [3.63, 3.8) is 0 Å². The number of benzene rings is 1. The summed E-state index contributed by atoms with van der Waals surface area (Å²) >= 11 is 0. The number of nitro benzene ring substituents is 1. The maximum atomic E-state index is 11.4. The van der Waals surface area contributed by atoms with Crippen molar-refractivity contribution < 1.29 is 9.72 Å². The van der Waals surface area contributed by atoms with E-state index in [-0.39, 0.29) is 17.2 Å². The van der Waals surface area contributed by atoms with Crippen LogP contribution in [0.25, 0.3) is 0 Å². The molecule has 0 saturated carbocycles. The number of nitro groups is 1. The van der Waals surface area contributed by atoms with E-state index in [1.54, 1.807) is 6.92 Å². The Morgan fingerprint density at radius 3 is 2.78 bits per heavy atom. The molecule has 0 unspecified atom stereocenters. The fourth-order valence-corrected chi connectivity index (χ4v) is 1.35. The van der Waals surface area contributed by atoms with Gasteiger partial charge < -0.3 is 10.6 Å². The van der Waals surface area contributed by atoms with Gasteiger partial charge in [-0.05, 0) is 19.1 Å². The third kappa shape index (κ3) is 3.22. The second-order valence-corrected chi connectivity index (χ2v) is 3.35. The standard InChI is InChI=1S/C12H13N3O3/c1-3-4-7-14-10-6-5-9(12(16)13-2)8-11(10)15(17)18/h5-6,8,14H,7H2,1-2H3,(H,13,16). The van der Waals surface area contributed by atoms with Crippen molar-refractivity contribution in [3.05, 3.63) is 33.9 Å². The Morgan fingerprint density at radius 2 is 2.22 bits per heavy atom. The van der Waals surface area contributed by atoms with E-state index < -0.39 is 4.92 Å². The van der Waals surface area contributed by atoms with Crippen LogP contribution in [-0.2, 0) is 0 Å². The molecule has 0 aliphatic rings. The number of hydrogen-bond acceptors (Lipinski definition) is 4. The number of amides is 1. The number of rotatable bonds is 4. The zero-order valence-corrected chi connectivity index (χ0v) is 10.1. The highest BCUT2D eigenvalue weighted by Crippen LogP contribution is 2.25. The summed E-state index contributed by atoms with van der Waals surface area (Å²) in [4.78, 5) is 21.8. The van der Waals surface area contributed by atoms with Crippen LogP contribution in [0, 0.1) is 22.0 Å². The Kier molecular flexibility index (Phi) is 4.69. The minimum atomic E-state index is -0.534. The van der Waals surface area contributed by atoms with Crippen LogP contribution in [0.15, 0.2) is 18.2 Å². The zero-order chi connectivity index (χ0) is 13.5. The first-order chi connectivity index (χ1) is 8.60. The first kappa shape index (κ1) is 13.5. The van der Waals surface area contributed by atoms with E-state index in [1.165, 1.54) is 25.2 Å². The van der Waals surface area contributed by atoms with Crippen molar-refractivity contribution in [3.8, 4) is 11.8 Å². The number of carbonyl (C=O) groups excluding carboxylic acids is 1. The van der Waals surface area contributed by atoms with Gasteiger partial charge in [0, 0.05) is 18.7 Å². The Labute approximate surface area is 105 Å². The number of nitrogens with zero attached hydrogens (tertiary/aromatic N) is 1. The summed E-state index contributed by atoms with van der Waals surface area (Å²) in [6.07, 6.45) is 0. The summed E-state index contributed by atoms with van der Waals surface area (Å²) in [5.74, 6) is 5.06. The van der Waals surface area contributed by atoms with Gasteiger partial charge in [0.05, 0.1) is 11.5 Å². The molecule has 0 atom stereocenters. The van der Waals surface area contributed by atoms with Gasteiger partial charge in [-0.1, -0.05) is 5.92 Å². The summed E-state index contributed by atoms with van der Waals surface area (Å²) in [6, 6.07) is 4.26. The number of carbonyl (C=O) groups is 1. The van der Waals surface area contributed by atoms with Gasteiger partial charge in [0.25, 0.3) is 11.6 Å². The van der Waals surface area contributed by atoms with Crippen molar-refractivity contribution in [2.75, 3.05) is 18.9 Å². The van der Waals surface area contributed by atoms with Crippen molar-refractivity contribution in [1.82, 2.24) is 5.32 Å². The molecule has 0 fully saturated rings. The monoisotopic (exact) mass is 247 g/mol. The molecule has 0 saturated heterocycles. The van der Waals surface area contributed by atoms with E-state index in [0.29, 0.717) is 12.2 Å². The number of nitrogens with one attached hydrogen (secondary N) is 2. The van der Waals surface area contributed by atoms with Gasteiger partial charge in [-0.3, -0.25) is 14.9 Å². The number of anilines is 1. The molecule has 0 heterocycles. The fourth-order valence-electron chi connectivity index (χ4n) is 1.35. The van der Waals surface area contributed by atoms with Gasteiger partial charge in [-0.15, -0.1) is 5.92 Å². The molecule has 6 heteroatoms. The van der Waals surface area contributed by atoms with Gasteiger partial charge in [-0.25, -0.2) is 0 Å². The van der Waals surface area contributed by atoms with Gasteiger partial charge >= 0.3 is 0 Å². The highest BCUT2D eigenvalue weighted by atomic mass is 16.6. The first-order valence-corrected chi connectivity index (χ1v) is 5.24. The molecule has 2 N–H and O–H groups in total. The second-order valence-electron chi connectivity index (χ2n) is 3.35. The Bertz CT molecular complexity index is 529. The van der Waals surface area contributed by atoms with Crippen LogP contribution < -0.4 is 10.6 Å². The molecule has 0 aliphatic carbocycles. The van der Waals surface area contributed by atoms with Gasteiger partial charge in [-0.2, -0.15) is 0 Å². The maximum Gasteiger partial charge on any atom is 0.293 e. The van der Waals surface area contributed by atoms with Crippen molar-refractivity contribution >= 4 is 17.3 Å². The predicted octanol–water partition coefficient (Wildman–Crippen LogP) is 1.39. The van der Waals surface area contributed by atoms with Gasteiger partial charge in [0.2, 0.25) is 0 Å². The second kappa shape index (κ2) is 6.25. The molecule has 1 amide bonds. The van der Waals surface area contributed by atoms with Crippen molar-refractivity contribution in [2.45, 2.75) is 6.92 Å². The third-order valence-electron chi connectivity index (χ3n) is 2.23. The van der Waals surface area contributed by atoms with Gasteiger partial charge in [0.15, 0.2) is 0 Å². The molecule has 1 aromatic carbocycles. The molecule has 6 nitrogen and oxygen atoms in total.